The van der Waals surface area contributed by atoms with E-state index in [1.165, 1.54) is 0 Å². The van der Waals surface area contributed by atoms with Crippen LogP contribution in [0.4, 0.5) is 0 Å². The van der Waals surface area contributed by atoms with Gasteiger partial charge in [-0.25, -0.2) is 0 Å². The van der Waals surface area contributed by atoms with E-state index in [4.69, 9.17) is 0 Å². The lowest BCUT2D eigenvalue weighted by Crippen LogP contribution is -2.19. The average Bonchev–Trinajstić information content (AvgIpc) is 2.56. The smallest absolute Gasteiger partial charge is 0.135 e. The zero-order chi connectivity index (χ0) is 8.39. The highest BCUT2D eigenvalue weighted by molar-refractivity contribution is 5.79. The summed E-state index contributed by atoms with van der Waals surface area (Å²) in [5.41, 5.74) is 0. The van der Waals surface area contributed by atoms with Gasteiger partial charge in [0.15, 0.2) is 0 Å². The molecular formula is C9H12N2O. The Kier molecular flexibility index (Phi) is 1.94. The Labute approximate surface area is 71.4 Å². The zero-order valence-electron chi connectivity index (χ0n) is 6.94. The van der Waals surface area contributed by atoms with Gasteiger partial charge in [-0.3, -0.25) is 9.48 Å². The summed E-state index contributed by atoms with van der Waals surface area (Å²) in [5.74, 6) is 0.377. The molecule has 64 valence electrons. The van der Waals surface area contributed by atoms with Crippen LogP contribution in [0, 0.1) is 0 Å². The second-order valence-corrected chi connectivity index (χ2v) is 3.27. The van der Waals surface area contributed by atoms with Gasteiger partial charge in [-0.05, 0) is 18.9 Å². The van der Waals surface area contributed by atoms with Gasteiger partial charge in [-0.1, -0.05) is 0 Å². The van der Waals surface area contributed by atoms with E-state index >= 15 is 0 Å². The predicted octanol–water partition coefficient (Wildman–Crippen LogP) is 1.57. The van der Waals surface area contributed by atoms with Crippen LogP contribution in [0.2, 0.25) is 0 Å². The molecule has 0 saturated heterocycles. The first-order valence-electron chi connectivity index (χ1n) is 4.37. The van der Waals surface area contributed by atoms with Crippen molar-refractivity contribution in [2.45, 2.75) is 31.7 Å². The van der Waals surface area contributed by atoms with Crippen molar-refractivity contribution < 1.29 is 4.79 Å². The minimum Gasteiger partial charge on any atom is -0.300 e. The summed E-state index contributed by atoms with van der Waals surface area (Å²) in [5, 5.41) is 4.14. The number of hydrogen-bond acceptors (Lipinski definition) is 2. The maximum atomic E-state index is 11.1. The molecule has 3 heteroatoms. The number of hydrogen-bond donors (Lipinski definition) is 0. The second-order valence-electron chi connectivity index (χ2n) is 3.27. The normalized spacial score (nSPS) is 24.3. The Morgan fingerprint density at radius 1 is 1.58 bits per heavy atom. The summed E-state index contributed by atoms with van der Waals surface area (Å²) in [6.45, 7) is 0. The molecule has 0 unspecified atom stereocenters. The number of Topliss-reactive ketones (excluding diaryl/α,β-unsaturated/α-hetero) is 1. The molecule has 0 amide bonds. The monoisotopic (exact) mass is 164 g/mol. The van der Waals surface area contributed by atoms with E-state index in [0.717, 1.165) is 19.3 Å². The maximum Gasteiger partial charge on any atom is 0.135 e. The Bertz CT molecular complexity index is 266. The third kappa shape index (κ3) is 1.40. The molecule has 0 aliphatic heterocycles. The van der Waals surface area contributed by atoms with E-state index in [2.05, 4.69) is 5.10 Å². The number of carbonyl (C=O) groups excluding carboxylic acids is 1. The van der Waals surface area contributed by atoms with Crippen molar-refractivity contribution in [2.75, 3.05) is 0 Å². The van der Waals surface area contributed by atoms with E-state index < -0.39 is 0 Å². The number of aromatic nitrogens is 2. The standard InChI is InChI=1S/C9H12N2O/c12-9-4-1-3-8(7-9)11-6-2-5-10-11/h2,5-6,8H,1,3-4,7H2/t8-/m1/s1. The molecule has 1 saturated carbocycles. The topological polar surface area (TPSA) is 34.9 Å². The maximum absolute atomic E-state index is 11.1. The molecule has 1 fully saturated rings. The van der Waals surface area contributed by atoms with Crippen molar-refractivity contribution in [2.24, 2.45) is 0 Å². The number of ketones is 1. The van der Waals surface area contributed by atoms with Gasteiger partial charge in [0, 0.05) is 25.2 Å². The minimum atomic E-state index is 0.321. The predicted molar refractivity (Wildman–Crippen MR) is 44.7 cm³/mol. The lowest BCUT2D eigenvalue weighted by Gasteiger charge is -2.20. The van der Waals surface area contributed by atoms with Crippen molar-refractivity contribution in [3.05, 3.63) is 18.5 Å². The Morgan fingerprint density at radius 3 is 3.17 bits per heavy atom. The molecule has 1 aliphatic carbocycles. The fourth-order valence-corrected chi connectivity index (χ4v) is 1.72. The van der Waals surface area contributed by atoms with Gasteiger partial charge < -0.3 is 0 Å². The molecule has 1 aromatic rings. The van der Waals surface area contributed by atoms with Crippen LogP contribution < -0.4 is 0 Å². The van der Waals surface area contributed by atoms with E-state index in [1.54, 1.807) is 6.20 Å². The van der Waals surface area contributed by atoms with E-state index in [-0.39, 0.29) is 0 Å². The molecule has 12 heavy (non-hydrogen) atoms. The largest absolute Gasteiger partial charge is 0.300 e. The highest BCUT2D eigenvalue weighted by Crippen LogP contribution is 2.24. The molecule has 1 aromatic heterocycles. The fourth-order valence-electron chi connectivity index (χ4n) is 1.72. The third-order valence-electron chi connectivity index (χ3n) is 2.36. The van der Waals surface area contributed by atoms with Gasteiger partial charge in [0.1, 0.15) is 5.78 Å². The van der Waals surface area contributed by atoms with Gasteiger partial charge in [0.05, 0.1) is 6.04 Å². The van der Waals surface area contributed by atoms with E-state index in [0.29, 0.717) is 18.2 Å². The summed E-state index contributed by atoms with van der Waals surface area (Å²) in [6, 6.07) is 2.22. The Morgan fingerprint density at radius 2 is 2.50 bits per heavy atom. The van der Waals surface area contributed by atoms with Crippen molar-refractivity contribution >= 4 is 5.78 Å². The minimum absolute atomic E-state index is 0.321. The van der Waals surface area contributed by atoms with Crippen molar-refractivity contribution in [3.8, 4) is 0 Å². The summed E-state index contributed by atoms with van der Waals surface area (Å²) >= 11 is 0. The molecule has 1 aliphatic rings. The van der Waals surface area contributed by atoms with Crippen LogP contribution in [0.25, 0.3) is 0 Å². The first-order chi connectivity index (χ1) is 5.86. The third-order valence-corrected chi connectivity index (χ3v) is 2.36. The van der Waals surface area contributed by atoms with Crippen LogP contribution >= 0.6 is 0 Å². The average molecular weight is 164 g/mol. The molecule has 0 N–H and O–H groups in total. The molecule has 1 heterocycles. The van der Waals surface area contributed by atoms with Crippen LogP contribution in [-0.4, -0.2) is 15.6 Å². The molecule has 0 bridgehead atoms. The molecule has 0 spiro atoms. The highest BCUT2D eigenvalue weighted by atomic mass is 16.1. The Balaban J connectivity index is 2.09. The summed E-state index contributed by atoms with van der Waals surface area (Å²) in [4.78, 5) is 11.1. The van der Waals surface area contributed by atoms with Crippen LogP contribution in [-0.2, 0) is 4.79 Å². The van der Waals surface area contributed by atoms with E-state index in [9.17, 15) is 4.79 Å². The van der Waals surface area contributed by atoms with Gasteiger partial charge in [-0.15, -0.1) is 0 Å². The molecule has 0 radical (unpaired) electrons. The van der Waals surface area contributed by atoms with Gasteiger partial charge >= 0.3 is 0 Å². The van der Waals surface area contributed by atoms with Crippen LogP contribution in [0.1, 0.15) is 31.7 Å². The summed E-state index contributed by atoms with van der Waals surface area (Å²) in [7, 11) is 0. The summed E-state index contributed by atoms with van der Waals surface area (Å²) < 4.78 is 1.90. The van der Waals surface area contributed by atoms with Gasteiger partial charge in [0.2, 0.25) is 0 Å². The first-order valence-corrected chi connectivity index (χ1v) is 4.37. The van der Waals surface area contributed by atoms with Gasteiger partial charge in [0.25, 0.3) is 0 Å². The molecule has 2 rings (SSSR count). The van der Waals surface area contributed by atoms with Gasteiger partial charge in [-0.2, -0.15) is 5.10 Å². The fraction of sp³-hybridized carbons (Fsp3) is 0.556. The van der Waals surface area contributed by atoms with Crippen molar-refractivity contribution in [3.63, 3.8) is 0 Å². The molecular weight excluding hydrogens is 152 g/mol. The van der Waals surface area contributed by atoms with Crippen molar-refractivity contribution in [1.82, 2.24) is 9.78 Å². The SMILES string of the molecule is O=C1CCC[C@@H](n2cccn2)C1. The summed E-state index contributed by atoms with van der Waals surface area (Å²) in [6.07, 6.45) is 7.23. The highest BCUT2D eigenvalue weighted by Gasteiger charge is 2.20. The molecule has 0 aromatic carbocycles. The van der Waals surface area contributed by atoms with Crippen LogP contribution in [0.5, 0.6) is 0 Å². The Hall–Kier alpha value is -1.12. The van der Waals surface area contributed by atoms with E-state index in [1.807, 2.05) is 16.9 Å². The van der Waals surface area contributed by atoms with Crippen LogP contribution in [0.3, 0.4) is 0 Å². The quantitative estimate of drug-likeness (QED) is 0.631. The second kappa shape index (κ2) is 3.09. The lowest BCUT2D eigenvalue weighted by molar-refractivity contribution is -0.121. The number of rotatable bonds is 1. The lowest BCUT2D eigenvalue weighted by atomic mass is 9.94. The number of carbonyl (C=O) groups is 1. The zero-order valence-corrected chi connectivity index (χ0v) is 6.94. The van der Waals surface area contributed by atoms with Crippen LogP contribution in [0.15, 0.2) is 18.5 Å². The molecule has 1 atom stereocenters. The first kappa shape index (κ1) is 7.53. The number of nitrogens with zero attached hydrogens (tertiary/aromatic N) is 2. The molecule has 3 nitrogen and oxygen atoms in total. The van der Waals surface area contributed by atoms with Crippen molar-refractivity contribution in [1.29, 1.82) is 0 Å².